The third-order valence-corrected chi connectivity index (χ3v) is 4.83. The zero-order chi connectivity index (χ0) is 18.8. The van der Waals surface area contributed by atoms with Crippen molar-refractivity contribution >= 4 is 34.1 Å². The van der Waals surface area contributed by atoms with Gasteiger partial charge in [0, 0.05) is 27.7 Å². The highest BCUT2D eigenvalue weighted by Crippen LogP contribution is 2.32. The van der Waals surface area contributed by atoms with E-state index in [4.69, 9.17) is 21.1 Å². The van der Waals surface area contributed by atoms with Gasteiger partial charge in [-0.2, -0.15) is 0 Å². The first kappa shape index (κ1) is 18.1. The highest BCUT2D eigenvalue weighted by Gasteiger charge is 2.15. The Morgan fingerprint density at radius 1 is 1.15 bits per heavy atom. The molecule has 0 saturated heterocycles. The minimum absolute atomic E-state index is 0.128. The van der Waals surface area contributed by atoms with E-state index in [9.17, 15) is 4.79 Å². The molecule has 2 aromatic carbocycles. The number of fused-ring (bicyclic) bond motifs is 1. The molecule has 0 aliphatic carbocycles. The summed E-state index contributed by atoms with van der Waals surface area (Å²) in [7, 11) is 3.18. The number of rotatable bonds is 5. The summed E-state index contributed by atoms with van der Waals surface area (Å²) in [6.45, 7) is 3.84. The number of aryl methyl sites for hydroxylation is 2. The number of hydrogen-bond donors (Lipinski definition) is 2. The van der Waals surface area contributed by atoms with E-state index in [-0.39, 0.29) is 12.3 Å². The van der Waals surface area contributed by atoms with Gasteiger partial charge in [-0.05, 0) is 49.2 Å². The van der Waals surface area contributed by atoms with Crippen molar-refractivity contribution in [1.29, 1.82) is 0 Å². The van der Waals surface area contributed by atoms with Gasteiger partial charge in [0.05, 0.1) is 26.3 Å². The molecule has 0 spiro atoms. The number of nitrogens with one attached hydrogen (secondary N) is 2. The van der Waals surface area contributed by atoms with Gasteiger partial charge < -0.3 is 19.8 Å². The number of benzene rings is 2. The number of H-pyrrole nitrogens is 1. The van der Waals surface area contributed by atoms with Crippen LogP contribution in [0.3, 0.4) is 0 Å². The average molecular weight is 373 g/mol. The summed E-state index contributed by atoms with van der Waals surface area (Å²) in [5.41, 5.74) is 4.36. The number of methoxy groups -OCH3 is 2. The van der Waals surface area contributed by atoms with E-state index >= 15 is 0 Å². The Morgan fingerprint density at radius 3 is 2.62 bits per heavy atom. The fourth-order valence-electron chi connectivity index (χ4n) is 3.00. The topological polar surface area (TPSA) is 63.4 Å². The minimum atomic E-state index is -0.128. The maximum absolute atomic E-state index is 12.6. The third-order valence-electron chi connectivity index (χ3n) is 4.42. The summed E-state index contributed by atoms with van der Waals surface area (Å²) in [6.07, 6.45) is 0.240. The number of aromatic amines is 1. The van der Waals surface area contributed by atoms with Crippen LogP contribution in [0.25, 0.3) is 10.9 Å². The molecule has 0 aliphatic rings. The summed E-state index contributed by atoms with van der Waals surface area (Å²) in [5.74, 6) is 1.16. The second kappa shape index (κ2) is 7.30. The molecule has 136 valence electrons. The van der Waals surface area contributed by atoms with E-state index in [0.29, 0.717) is 16.5 Å². The summed E-state index contributed by atoms with van der Waals surface area (Å²) in [5, 5.41) is 4.50. The molecule has 3 aromatic rings. The first-order chi connectivity index (χ1) is 12.4. The van der Waals surface area contributed by atoms with Crippen LogP contribution in [0.5, 0.6) is 11.5 Å². The Morgan fingerprint density at radius 2 is 1.92 bits per heavy atom. The molecule has 26 heavy (non-hydrogen) atoms. The van der Waals surface area contributed by atoms with Crippen LogP contribution in [0.15, 0.2) is 30.3 Å². The monoisotopic (exact) mass is 372 g/mol. The molecule has 0 unspecified atom stereocenters. The average Bonchev–Trinajstić information content (AvgIpc) is 2.92. The number of ether oxygens (including phenoxy) is 2. The maximum atomic E-state index is 12.6. The predicted octanol–water partition coefficient (Wildman–Crippen LogP) is 4.64. The number of aromatic nitrogens is 1. The molecule has 0 saturated carbocycles. The van der Waals surface area contributed by atoms with Gasteiger partial charge in [0.1, 0.15) is 11.5 Å². The van der Waals surface area contributed by atoms with Crippen LogP contribution < -0.4 is 14.8 Å². The number of amides is 1. The highest BCUT2D eigenvalue weighted by molar-refractivity contribution is 6.31. The number of anilines is 1. The number of halogens is 1. The van der Waals surface area contributed by atoms with Crippen molar-refractivity contribution < 1.29 is 14.3 Å². The van der Waals surface area contributed by atoms with E-state index in [2.05, 4.69) is 10.3 Å². The van der Waals surface area contributed by atoms with Crippen LogP contribution in [0.2, 0.25) is 5.02 Å². The van der Waals surface area contributed by atoms with Crippen molar-refractivity contribution in [2.75, 3.05) is 19.5 Å². The number of carbonyl (C=O) groups is 1. The van der Waals surface area contributed by atoms with Crippen LogP contribution in [-0.2, 0) is 11.2 Å². The second-order valence-electron chi connectivity index (χ2n) is 6.17. The molecule has 1 heterocycles. The van der Waals surface area contributed by atoms with Gasteiger partial charge in [0.15, 0.2) is 0 Å². The van der Waals surface area contributed by atoms with Gasteiger partial charge in [-0.3, -0.25) is 4.79 Å². The molecule has 0 fully saturated rings. The lowest BCUT2D eigenvalue weighted by Gasteiger charge is -2.12. The van der Waals surface area contributed by atoms with Crippen LogP contribution in [0.4, 0.5) is 5.69 Å². The van der Waals surface area contributed by atoms with Crippen molar-refractivity contribution in [3.05, 3.63) is 52.2 Å². The highest BCUT2D eigenvalue weighted by atomic mass is 35.5. The third kappa shape index (κ3) is 3.48. The van der Waals surface area contributed by atoms with Gasteiger partial charge >= 0.3 is 0 Å². The Kier molecular flexibility index (Phi) is 5.09. The van der Waals surface area contributed by atoms with E-state index in [1.807, 2.05) is 38.1 Å². The lowest BCUT2D eigenvalue weighted by atomic mass is 10.1. The van der Waals surface area contributed by atoms with Gasteiger partial charge in [0.2, 0.25) is 5.91 Å². The lowest BCUT2D eigenvalue weighted by molar-refractivity contribution is -0.115. The zero-order valence-electron chi connectivity index (χ0n) is 15.2. The number of carbonyl (C=O) groups excluding carboxylic acids is 1. The van der Waals surface area contributed by atoms with E-state index in [1.165, 1.54) is 0 Å². The van der Waals surface area contributed by atoms with Crippen molar-refractivity contribution in [1.82, 2.24) is 4.98 Å². The van der Waals surface area contributed by atoms with Gasteiger partial charge in [-0.1, -0.05) is 11.6 Å². The SMILES string of the molecule is COc1ccc2[nH]c(C)c(CC(=O)Nc3cc(C)c(Cl)cc3OC)c2c1. The number of hydrogen-bond acceptors (Lipinski definition) is 3. The normalized spacial score (nSPS) is 10.8. The first-order valence-corrected chi connectivity index (χ1v) is 8.60. The van der Waals surface area contributed by atoms with E-state index in [0.717, 1.165) is 33.5 Å². The Labute approximate surface area is 157 Å². The fraction of sp³-hybridized carbons (Fsp3) is 0.250. The van der Waals surface area contributed by atoms with E-state index in [1.54, 1.807) is 20.3 Å². The standard InChI is InChI=1S/C20H21ClN2O3/c1-11-7-18(19(26-4)10-16(11)21)23-20(24)9-14-12(2)22-17-6-5-13(25-3)8-15(14)17/h5-8,10,22H,9H2,1-4H3,(H,23,24). The molecular weight excluding hydrogens is 352 g/mol. The van der Waals surface area contributed by atoms with E-state index < -0.39 is 0 Å². The van der Waals surface area contributed by atoms with Gasteiger partial charge in [-0.25, -0.2) is 0 Å². The molecule has 0 radical (unpaired) electrons. The summed E-state index contributed by atoms with van der Waals surface area (Å²) >= 11 is 6.12. The Hall–Kier alpha value is -2.66. The molecule has 0 bridgehead atoms. The van der Waals surface area contributed by atoms with Crippen LogP contribution in [0, 0.1) is 13.8 Å². The largest absolute Gasteiger partial charge is 0.497 e. The molecule has 1 aromatic heterocycles. The molecule has 5 nitrogen and oxygen atoms in total. The lowest BCUT2D eigenvalue weighted by Crippen LogP contribution is -2.15. The Bertz CT molecular complexity index is 979. The van der Waals surface area contributed by atoms with Crippen molar-refractivity contribution in [3.8, 4) is 11.5 Å². The summed E-state index contributed by atoms with van der Waals surface area (Å²) in [4.78, 5) is 16.0. The molecular formula is C20H21ClN2O3. The predicted molar refractivity (Wildman–Crippen MR) is 105 cm³/mol. The fourth-order valence-corrected chi connectivity index (χ4v) is 3.15. The molecule has 0 aliphatic heterocycles. The minimum Gasteiger partial charge on any atom is -0.497 e. The van der Waals surface area contributed by atoms with Gasteiger partial charge in [0.25, 0.3) is 0 Å². The molecule has 1 amide bonds. The maximum Gasteiger partial charge on any atom is 0.228 e. The van der Waals surface area contributed by atoms with Crippen LogP contribution in [0.1, 0.15) is 16.8 Å². The molecule has 0 atom stereocenters. The molecule has 3 rings (SSSR count). The summed E-state index contributed by atoms with van der Waals surface area (Å²) in [6, 6.07) is 9.30. The van der Waals surface area contributed by atoms with Crippen molar-refractivity contribution in [2.45, 2.75) is 20.3 Å². The molecule has 2 N–H and O–H groups in total. The van der Waals surface area contributed by atoms with Crippen LogP contribution >= 0.6 is 11.6 Å². The zero-order valence-corrected chi connectivity index (χ0v) is 16.0. The Balaban J connectivity index is 1.88. The quantitative estimate of drug-likeness (QED) is 0.686. The van der Waals surface area contributed by atoms with Crippen molar-refractivity contribution in [2.24, 2.45) is 0 Å². The molecule has 6 heteroatoms. The van der Waals surface area contributed by atoms with Gasteiger partial charge in [-0.15, -0.1) is 0 Å². The van der Waals surface area contributed by atoms with Crippen molar-refractivity contribution in [3.63, 3.8) is 0 Å². The van der Waals surface area contributed by atoms with Crippen LogP contribution in [-0.4, -0.2) is 25.1 Å². The second-order valence-corrected chi connectivity index (χ2v) is 6.57. The summed E-state index contributed by atoms with van der Waals surface area (Å²) < 4.78 is 10.6. The smallest absolute Gasteiger partial charge is 0.228 e. The first-order valence-electron chi connectivity index (χ1n) is 8.22.